The zero-order valence-electron chi connectivity index (χ0n) is 18.0. The van der Waals surface area contributed by atoms with Crippen LogP contribution >= 0.6 is 0 Å². The van der Waals surface area contributed by atoms with Crippen molar-refractivity contribution in [2.45, 2.75) is 147 Å². The van der Waals surface area contributed by atoms with Gasteiger partial charge in [0.05, 0.1) is 11.7 Å². The molecule has 4 atom stereocenters. The molecule has 0 aromatic carbocycles. The van der Waals surface area contributed by atoms with Crippen LogP contribution in [0.25, 0.3) is 0 Å². The van der Waals surface area contributed by atoms with E-state index in [1.54, 1.807) is 0 Å². The van der Waals surface area contributed by atoms with Crippen LogP contribution in [0, 0.1) is 0 Å². The predicted octanol–water partition coefficient (Wildman–Crippen LogP) is 6.13. The van der Waals surface area contributed by atoms with Crippen LogP contribution in [0.4, 0.5) is 0 Å². The van der Waals surface area contributed by atoms with Crippen molar-refractivity contribution in [2.75, 3.05) is 0 Å². The van der Waals surface area contributed by atoms with E-state index in [2.05, 4.69) is 27.7 Å². The highest BCUT2D eigenvalue weighted by Gasteiger charge is 2.78. The molecule has 1 spiro atoms. The molecule has 2 N–H and O–H groups in total. The molecule has 2 fully saturated rings. The molecule has 0 aromatic heterocycles. The number of epoxide rings is 1. The molecule has 2 aliphatic rings. The van der Waals surface area contributed by atoms with E-state index >= 15 is 0 Å². The summed E-state index contributed by atoms with van der Waals surface area (Å²) in [5, 5.41) is 0. The minimum atomic E-state index is -0.160. The summed E-state index contributed by atoms with van der Waals surface area (Å²) < 4.78 is 12.2. The van der Waals surface area contributed by atoms with Crippen LogP contribution in [0.2, 0.25) is 0 Å². The Labute approximate surface area is 162 Å². The second-order valence-corrected chi connectivity index (χ2v) is 9.20. The maximum Gasteiger partial charge on any atom is 0.150 e. The molecule has 154 valence electrons. The summed E-state index contributed by atoms with van der Waals surface area (Å²) in [6.07, 6.45) is 19.4. The maximum absolute atomic E-state index is 6.24. The maximum atomic E-state index is 6.24. The van der Waals surface area contributed by atoms with Crippen LogP contribution in [-0.4, -0.2) is 29.5 Å². The van der Waals surface area contributed by atoms with Crippen molar-refractivity contribution in [3.8, 4) is 0 Å². The molecule has 0 aliphatic carbocycles. The molecule has 0 bridgehead atoms. The summed E-state index contributed by atoms with van der Waals surface area (Å²) in [5.74, 6) is 0. The molecule has 0 amide bonds. The monoisotopic (exact) mass is 367 g/mol. The quantitative estimate of drug-likeness (QED) is 0.280. The first kappa shape index (κ1) is 22.2. The second kappa shape index (κ2) is 10.4. The van der Waals surface area contributed by atoms with Crippen molar-refractivity contribution in [3.63, 3.8) is 0 Å². The molecule has 2 rings (SSSR count). The highest BCUT2D eigenvalue weighted by atomic mass is 16.7. The van der Waals surface area contributed by atoms with Gasteiger partial charge < -0.3 is 15.2 Å². The molecular weight excluding hydrogens is 322 g/mol. The third kappa shape index (κ3) is 5.23. The fourth-order valence-electron chi connectivity index (χ4n) is 4.83. The van der Waals surface area contributed by atoms with Gasteiger partial charge in [0.2, 0.25) is 0 Å². The van der Waals surface area contributed by atoms with Crippen molar-refractivity contribution < 1.29 is 9.47 Å². The summed E-state index contributed by atoms with van der Waals surface area (Å²) in [5.41, 5.74) is 6.00. The lowest BCUT2D eigenvalue weighted by Gasteiger charge is -2.52. The van der Waals surface area contributed by atoms with E-state index < -0.39 is 0 Å². The van der Waals surface area contributed by atoms with E-state index in [9.17, 15) is 0 Å². The number of ether oxygens (including phenoxy) is 2. The summed E-state index contributed by atoms with van der Waals surface area (Å²) in [7, 11) is 0. The van der Waals surface area contributed by atoms with Gasteiger partial charge in [0.1, 0.15) is 6.10 Å². The molecular formula is C23H45NO2. The second-order valence-electron chi connectivity index (χ2n) is 9.20. The fraction of sp³-hybridized carbons (Fsp3) is 1.00. The first-order valence-corrected chi connectivity index (χ1v) is 11.6. The Morgan fingerprint density at radius 3 is 1.73 bits per heavy atom. The van der Waals surface area contributed by atoms with Gasteiger partial charge in [-0.05, 0) is 26.7 Å². The third-order valence-electron chi connectivity index (χ3n) is 6.72. The van der Waals surface area contributed by atoms with Gasteiger partial charge in [-0.15, -0.1) is 0 Å². The summed E-state index contributed by atoms with van der Waals surface area (Å²) in [4.78, 5) is 0. The molecule has 0 aromatic rings. The molecule has 26 heavy (non-hydrogen) atoms. The Kier molecular flexibility index (Phi) is 8.90. The van der Waals surface area contributed by atoms with E-state index in [4.69, 9.17) is 15.2 Å². The van der Waals surface area contributed by atoms with Crippen LogP contribution in [0.15, 0.2) is 0 Å². The highest BCUT2D eigenvalue weighted by molar-refractivity contribution is 5.25. The largest absolute Gasteiger partial charge is 0.364 e. The minimum absolute atomic E-state index is 0.0831. The van der Waals surface area contributed by atoms with Gasteiger partial charge >= 0.3 is 0 Å². The Balaban J connectivity index is 1.46. The van der Waals surface area contributed by atoms with E-state index in [-0.39, 0.29) is 23.3 Å². The number of unbranched alkanes of at least 4 members (excludes halogenated alkanes) is 11. The van der Waals surface area contributed by atoms with E-state index in [0.29, 0.717) is 6.10 Å². The molecule has 1 unspecified atom stereocenters. The van der Waals surface area contributed by atoms with Crippen LogP contribution in [0.3, 0.4) is 0 Å². The standard InChI is InChI=1S/C23H45NO2/c1-5-7-8-9-10-11-12-13-14-15-16-17-18-20-23(25-20)21(19(24)6-2)26-22(23,3)4/h19-21H,5-18,24H2,1-4H3/t19-,20+,21-,23?/m1/s1. The lowest BCUT2D eigenvalue weighted by atomic mass is 9.72. The van der Waals surface area contributed by atoms with Crippen molar-refractivity contribution in [1.29, 1.82) is 0 Å². The van der Waals surface area contributed by atoms with E-state index in [1.807, 2.05) is 0 Å². The van der Waals surface area contributed by atoms with Crippen molar-refractivity contribution >= 4 is 0 Å². The smallest absolute Gasteiger partial charge is 0.150 e. The molecule has 3 nitrogen and oxygen atoms in total. The van der Waals surface area contributed by atoms with Crippen LogP contribution in [-0.2, 0) is 9.47 Å². The molecule has 2 aliphatic heterocycles. The van der Waals surface area contributed by atoms with E-state index in [1.165, 1.54) is 83.5 Å². The van der Waals surface area contributed by atoms with Gasteiger partial charge in [0.25, 0.3) is 0 Å². The Hall–Kier alpha value is -0.120. The third-order valence-corrected chi connectivity index (χ3v) is 6.72. The van der Waals surface area contributed by atoms with Gasteiger partial charge in [-0.1, -0.05) is 90.9 Å². The number of nitrogens with two attached hydrogens (primary N) is 1. The zero-order chi connectivity index (χ0) is 19.0. The topological polar surface area (TPSA) is 47.8 Å². The van der Waals surface area contributed by atoms with Crippen LogP contribution in [0.1, 0.15) is 118 Å². The Morgan fingerprint density at radius 2 is 1.27 bits per heavy atom. The number of hydrogen-bond acceptors (Lipinski definition) is 3. The average molecular weight is 368 g/mol. The molecule has 0 radical (unpaired) electrons. The van der Waals surface area contributed by atoms with E-state index in [0.717, 1.165) is 6.42 Å². The molecule has 0 saturated carbocycles. The van der Waals surface area contributed by atoms with Crippen molar-refractivity contribution in [3.05, 3.63) is 0 Å². The Bertz CT molecular complexity index is 398. The highest BCUT2D eigenvalue weighted by Crippen LogP contribution is 2.61. The predicted molar refractivity (Wildman–Crippen MR) is 111 cm³/mol. The normalized spacial score (nSPS) is 30.3. The van der Waals surface area contributed by atoms with Gasteiger partial charge in [-0.25, -0.2) is 0 Å². The minimum Gasteiger partial charge on any atom is -0.364 e. The molecule has 3 heteroatoms. The van der Waals surface area contributed by atoms with Gasteiger partial charge in [0, 0.05) is 6.04 Å². The van der Waals surface area contributed by atoms with Crippen molar-refractivity contribution in [1.82, 2.24) is 0 Å². The summed E-state index contributed by atoms with van der Waals surface area (Å²) in [6.45, 7) is 8.74. The Morgan fingerprint density at radius 1 is 0.769 bits per heavy atom. The lowest BCUT2D eigenvalue weighted by Crippen LogP contribution is -2.70. The lowest BCUT2D eigenvalue weighted by molar-refractivity contribution is -0.258. The number of rotatable bonds is 15. The first-order chi connectivity index (χ1) is 12.5. The summed E-state index contributed by atoms with van der Waals surface area (Å²) in [6, 6.07) is 0.106. The van der Waals surface area contributed by atoms with Crippen LogP contribution in [0.5, 0.6) is 0 Å². The zero-order valence-corrected chi connectivity index (χ0v) is 18.0. The summed E-state index contributed by atoms with van der Waals surface area (Å²) >= 11 is 0. The first-order valence-electron chi connectivity index (χ1n) is 11.6. The SMILES string of the molecule is CCCCCCCCCCCCCC[C@@H]1OC12[C@@H]([C@H](N)CC)OC2(C)C. The van der Waals surface area contributed by atoms with Gasteiger partial charge in [0.15, 0.2) is 5.60 Å². The van der Waals surface area contributed by atoms with Crippen LogP contribution < -0.4 is 5.73 Å². The molecule has 2 heterocycles. The van der Waals surface area contributed by atoms with Crippen molar-refractivity contribution in [2.24, 2.45) is 5.73 Å². The average Bonchev–Trinajstić information content (AvgIpc) is 3.38. The fourth-order valence-corrected chi connectivity index (χ4v) is 4.83. The molecule has 2 saturated heterocycles. The van der Waals surface area contributed by atoms with Gasteiger partial charge in [-0.3, -0.25) is 0 Å². The van der Waals surface area contributed by atoms with Gasteiger partial charge in [-0.2, -0.15) is 0 Å². The number of hydrogen-bond donors (Lipinski definition) is 1.